The van der Waals surface area contributed by atoms with Crippen LogP contribution in [0.15, 0.2) is 54.6 Å². The van der Waals surface area contributed by atoms with E-state index in [1.165, 1.54) is 16.8 Å². The summed E-state index contributed by atoms with van der Waals surface area (Å²) in [5.41, 5.74) is 3.67. The highest BCUT2D eigenvalue weighted by Gasteiger charge is 2.07. The lowest BCUT2D eigenvalue weighted by Gasteiger charge is -2.17. The molecule has 21 heavy (non-hydrogen) atoms. The van der Waals surface area contributed by atoms with Gasteiger partial charge in [0.25, 0.3) is 0 Å². The van der Waals surface area contributed by atoms with Gasteiger partial charge in [-0.3, -0.25) is 0 Å². The van der Waals surface area contributed by atoms with Crippen molar-refractivity contribution >= 4 is 5.69 Å². The summed E-state index contributed by atoms with van der Waals surface area (Å²) in [6, 6.07) is 18.8. The molecule has 2 aromatic rings. The van der Waals surface area contributed by atoms with Crippen LogP contribution in [0.1, 0.15) is 11.1 Å². The van der Waals surface area contributed by atoms with E-state index >= 15 is 0 Å². The molecule has 0 radical (unpaired) electrons. The van der Waals surface area contributed by atoms with E-state index in [1.54, 1.807) is 0 Å². The fourth-order valence-electron chi connectivity index (χ4n) is 2.27. The largest absolute Gasteiger partial charge is 0.395 e. The third-order valence-corrected chi connectivity index (χ3v) is 3.59. The summed E-state index contributed by atoms with van der Waals surface area (Å²) >= 11 is 0. The van der Waals surface area contributed by atoms with E-state index in [0.717, 1.165) is 13.0 Å². The molecule has 2 aromatic carbocycles. The van der Waals surface area contributed by atoms with Gasteiger partial charge in [0.2, 0.25) is 0 Å². The lowest BCUT2D eigenvalue weighted by molar-refractivity contribution is 0.241. The second-order valence-electron chi connectivity index (χ2n) is 5.51. The predicted molar refractivity (Wildman–Crippen MR) is 88.6 cm³/mol. The standard InChI is InChI=1S/C18H24N2O/c1-20(2)18-10-8-16(9-11-18)13-19-17(14-21)12-15-6-4-3-5-7-15/h3-11,17,19,21H,12-14H2,1-2H3/t17-/m0/s1. The van der Waals surface area contributed by atoms with Crippen LogP contribution in [0.25, 0.3) is 0 Å². The quantitative estimate of drug-likeness (QED) is 0.820. The van der Waals surface area contributed by atoms with Crippen molar-refractivity contribution in [3.8, 4) is 0 Å². The number of nitrogens with one attached hydrogen (secondary N) is 1. The first-order chi connectivity index (χ1) is 10.2. The van der Waals surface area contributed by atoms with Crippen molar-refractivity contribution in [3.63, 3.8) is 0 Å². The Kier molecular flexibility index (Phi) is 5.78. The third-order valence-electron chi connectivity index (χ3n) is 3.59. The van der Waals surface area contributed by atoms with Crippen LogP contribution >= 0.6 is 0 Å². The average molecular weight is 284 g/mol. The Morgan fingerprint density at radius 3 is 2.19 bits per heavy atom. The molecule has 0 unspecified atom stereocenters. The third kappa shape index (κ3) is 4.88. The predicted octanol–water partition coefficient (Wildman–Crippen LogP) is 2.45. The number of hydrogen-bond acceptors (Lipinski definition) is 3. The fourth-order valence-corrected chi connectivity index (χ4v) is 2.27. The van der Waals surface area contributed by atoms with Crippen molar-refractivity contribution < 1.29 is 5.11 Å². The molecule has 112 valence electrons. The van der Waals surface area contributed by atoms with E-state index in [0.29, 0.717) is 0 Å². The van der Waals surface area contributed by atoms with Crippen LogP contribution in [0, 0.1) is 0 Å². The Hall–Kier alpha value is -1.84. The summed E-state index contributed by atoms with van der Waals surface area (Å²) in [7, 11) is 4.07. The van der Waals surface area contributed by atoms with Gasteiger partial charge in [-0.1, -0.05) is 42.5 Å². The molecule has 0 heterocycles. The van der Waals surface area contributed by atoms with E-state index in [1.807, 2.05) is 32.3 Å². The molecule has 0 aliphatic heterocycles. The molecule has 2 N–H and O–H groups in total. The summed E-state index contributed by atoms with van der Waals surface area (Å²) in [6.45, 7) is 0.913. The maximum atomic E-state index is 9.51. The van der Waals surface area contributed by atoms with Gasteiger partial charge in [-0.2, -0.15) is 0 Å². The number of aliphatic hydroxyl groups excluding tert-OH is 1. The topological polar surface area (TPSA) is 35.5 Å². The molecule has 0 bridgehead atoms. The number of hydrogen-bond donors (Lipinski definition) is 2. The minimum Gasteiger partial charge on any atom is -0.395 e. The molecule has 1 atom stereocenters. The highest BCUT2D eigenvalue weighted by Crippen LogP contribution is 2.12. The maximum Gasteiger partial charge on any atom is 0.0587 e. The van der Waals surface area contributed by atoms with Gasteiger partial charge in [0.15, 0.2) is 0 Å². The number of aliphatic hydroxyl groups is 1. The van der Waals surface area contributed by atoms with E-state index in [2.05, 4.69) is 46.6 Å². The van der Waals surface area contributed by atoms with Crippen LogP contribution in [0.2, 0.25) is 0 Å². The lowest BCUT2D eigenvalue weighted by atomic mass is 10.1. The number of rotatable bonds is 7. The fraction of sp³-hybridized carbons (Fsp3) is 0.333. The smallest absolute Gasteiger partial charge is 0.0587 e. The summed E-state index contributed by atoms with van der Waals surface area (Å²) in [5.74, 6) is 0. The maximum absolute atomic E-state index is 9.51. The van der Waals surface area contributed by atoms with Gasteiger partial charge in [0.1, 0.15) is 0 Å². The number of benzene rings is 2. The van der Waals surface area contributed by atoms with Crippen molar-refractivity contribution in [3.05, 3.63) is 65.7 Å². The Balaban J connectivity index is 1.88. The highest BCUT2D eigenvalue weighted by atomic mass is 16.3. The van der Waals surface area contributed by atoms with Gasteiger partial charge in [0, 0.05) is 32.4 Å². The van der Waals surface area contributed by atoms with Gasteiger partial charge in [-0.25, -0.2) is 0 Å². The monoisotopic (exact) mass is 284 g/mol. The minimum atomic E-state index is 0.0842. The molecule has 0 aromatic heterocycles. The van der Waals surface area contributed by atoms with Crippen molar-refractivity contribution in [2.75, 3.05) is 25.6 Å². The van der Waals surface area contributed by atoms with Crippen molar-refractivity contribution in [2.24, 2.45) is 0 Å². The van der Waals surface area contributed by atoms with Crippen LogP contribution in [0.4, 0.5) is 5.69 Å². The van der Waals surface area contributed by atoms with Crippen LogP contribution in [0.3, 0.4) is 0 Å². The Labute approximate surface area is 127 Å². The zero-order valence-corrected chi connectivity index (χ0v) is 12.8. The second kappa shape index (κ2) is 7.81. The minimum absolute atomic E-state index is 0.0842. The average Bonchev–Trinajstić information content (AvgIpc) is 2.52. The van der Waals surface area contributed by atoms with Gasteiger partial charge >= 0.3 is 0 Å². The normalized spacial score (nSPS) is 12.1. The van der Waals surface area contributed by atoms with Crippen molar-refractivity contribution in [1.82, 2.24) is 5.32 Å². The van der Waals surface area contributed by atoms with E-state index in [9.17, 15) is 5.11 Å². The van der Waals surface area contributed by atoms with Gasteiger partial charge < -0.3 is 15.3 Å². The Morgan fingerprint density at radius 2 is 1.62 bits per heavy atom. The molecule has 0 amide bonds. The molecular formula is C18H24N2O. The van der Waals surface area contributed by atoms with E-state index in [4.69, 9.17) is 0 Å². The zero-order valence-electron chi connectivity index (χ0n) is 12.8. The molecular weight excluding hydrogens is 260 g/mol. The van der Waals surface area contributed by atoms with Crippen LogP contribution in [-0.2, 0) is 13.0 Å². The first-order valence-electron chi connectivity index (χ1n) is 7.33. The molecule has 0 aliphatic rings. The zero-order chi connectivity index (χ0) is 15.1. The molecule has 0 aliphatic carbocycles. The highest BCUT2D eigenvalue weighted by molar-refractivity contribution is 5.45. The summed E-state index contributed by atoms with van der Waals surface area (Å²) < 4.78 is 0. The van der Waals surface area contributed by atoms with Gasteiger partial charge in [-0.15, -0.1) is 0 Å². The molecule has 3 heteroatoms. The van der Waals surface area contributed by atoms with Crippen LogP contribution < -0.4 is 10.2 Å². The lowest BCUT2D eigenvalue weighted by Crippen LogP contribution is -2.34. The molecule has 3 nitrogen and oxygen atoms in total. The number of nitrogens with zero attached hydrogens (tertiary/aromatic N) is 1. The first kappa shape index (κ1) is 15.5. The van der Waals surface area contributed by atoms with E-state index in [-0.39, 0.29) is 12.6 Å². The first-order valence-corrected chi connectivity index (χ1v) is 7.33. The van der Waals surface area contributed by atoms with Gasteiger partial charge in [-0.05, 0) is 29.7 Å². The van der Waals surface area contributed by atoms with Crippen LogP contribution in [0.5, 0.6) is 0 Å². The Bertz CT molecular complexity index is 523. The number of anilines is 1. The molecule has 0 saturated heterocycles. The Morgan fingerprint density at radius 1 is 0.952 bits per heavy atom. The van der Waals surface area contributed by atoms with Gasteiger partial charge in [0.05, 0.1) is 6.61 Å². The summed E-state index contributed by atoms with van der Waals surface area (Å²) in [5, 5.41) is 12.9. The second-order valence-corrected chi connectivity index (χ2v) is 5.51. The SMILES string of the molecule is CN(C)c1ccc(CN[C@H](CO)Cc2ccccc2)cc1. The van der Waals surface area contributed by atoms with Crippen molar-refractivity contribution in [2.45, 2.75) is 19.0 Å². The van der Waals surface area contributed by atoms with E-state index < -0.39 is 0 Å². The molecule has 0 spiro atoms. The molecule has 0 saturated carbocycles. The summed E-state index contributed by atoms with van der Waals surface area (Å²) in [4.78, 5) is 2.09. The summed E-state index contributed by atoms with van der Waals surface area (Å²) in [6.07, 6.45) is 0.840. The van der Waals surface area contributed by atoms with Crippen LogP contribution in [-0.4, -0.2) is 31.9 Å². The molecule has 2 rings (SSSR count). The van der Waals surface area contributed by atoms with Crippen molar-refractivity contribution in [1.29, 1.82) is 0 Å². The molecule has 0 fully saturated rings.